The molecule has 0 bridgehead atoms. The monoisotopic (exact) mass is 337 g/mol. The molecule has 7 heteroatoms. The molecular formula is C18H19N5O2. The SMILES string of the molecule is Cc1nc(NCCNC(=O)/C=C/c2ccco2)cc(-n2cccc2)n1. The van der Waals surface area contributed by atoms with E-state index in [1.165, 1.54) is 6.08 Å². The lowest BCUT2D eigenvalue weighted by Crippen LogP contribution is -2.27. The first-order chi connectivity index (χ1) is 12.2. The molecule has 7 nitrogen and oxygen atoms in total. The van der Waals surface area contributed by atoms with Crippen LogP contribution in [0.1, 0.15) is 11.6 Å². The van der Waals surface area contributed by atoms with Crippen LogP contribution in [0, 0.1) is 6.92 Å². The molecule has 0 saturated carbocycles. The van der Waals surface area contributed by atoms with Crippen molar-refractivity contribution in [1.29, 1.82) is 0 Å². The number of amides is 1. The summed E-state index contributed by atoms with van der Waals surface area (Å²) in [6.45, 7) is 2.88. The van der Waals surface area contributed by atoms with E-state index in [1.54, 1.807) is 24.5 Å². The van der Waals surface area contributed by atoms with Crippen LogP contribution in [0.3, 0.4) is 0 Å². The van der Waals surface area contributed by atoms with Gasteiger partial charge in [-0.2, -0.15) is 0 Å². The van der Waals surface area contributed by atoms with Crippen molar-refractivity contribution < 1.29 is 9.21 Å². The fourth-order valence-corrected chi connectivity index (χ4v) is 2.24. The Balaban J connectivity index is 1.48. The van der Waals surface area contributed by atoms with Crippen LogP contribution in [-0.4, -0.2) is 33.5 Å². The molecule has 1 amide bonds. The zero-order valence-corrected chi connectivity index (χ0v) is 13.8. The summed E-state index contributed by atoms with van der Waals surface area (Å²) >= 11 is 0. The second-order valence-corrected chi connectivity index (χ2v) is 5.32. The van der Waals surface area contributed by atoms with Crippen LogP contribution in [0.25, 0.3) is 11.9 Å². The Morgan fingerprint density at radius 3 is 2.84 bits per heavy atom. The molecule has 3 rings (SSSR count). The van der Waals surface area contributed by atoms with Crippen molar-refractivity contribution in [3.8, 4) is 5.82 Å². The molecule has 2 N–H and O–H groups in total. The summed E-state index contributed by atoms with van der Waals surface area (Å²) in [5.41, 5.74) is 0. The van der Waals surface area contributed by atoms with Crippen LogP contribution in [0.15, 0.2) is 59.5 Å². The Labute approximate surface area is 145 Å². The fourth-order valence-electron chi connectivity index (χ4n) is 2.24. The number of hydrogen-bond acceptors (Lipinski definition) is 5. The minimum Gasteiger partial charge on any atom is -0.465 e. The minimum atomic E-state index is -0.176. The number of rotatable bonds is 7. The number of nitrogens with zero attached hydrogens (tertiary/aromatic N) is 3. The normalized spacial score (nSPS) is 10.9. The number of aryl methyl sites for hydroxylation is 1. The average molecular weight is 337 g/mol. The molecule has 0 radical (unpaired) electrons. The van der Waals surface area contributed by atoms with Crippen molar-refractivity contribution in [2.75, 3.05) is 18.4 Å². The smallest absolute Gasteiger partial charge is 0.244 e. The van der Waals surface area contributed by atoms with Crippen LogP contribution in [0.2, 0.25) is 0 Å². The van der Waals surface area contributed by atoms with Gasteiger partial charge in [0, 0.05) is 37.6 Å². The van der Waals surface area contributed by atoms with Crippen LogP contribution >= 0.6 is 0 Å². The highest BCUT2D eigenvalue weighted by atomic mass is 16.3. The highest BCUT2D eigenvalue weighted by Crippen LogP contribution is 2.11. The topological polar surface area (TPSA) is 85.0 Å². The van der Waals surface area contributed by atoms with E-state index in [4.69, 9.17) is 4.42 Å². The maximum atomic E-state index is 11.7. The van der Waals surface area contributed by atoms with Crippen molar-refractivity contribution in [1.82, 2.24) is 19.9 Å². The number of nitrogens with one attached hydrogen (secondary N) is 2. The van der Waals surface area contributed by atoms with Crippen molar-refractivity contribution >= 4 is 17.8 Å². The van der Waals surface area contributed by atoms with E-state index in [1.807, 2.05) is 42.1 Å². The summed E-state index contributed by atoms with van der Waals surface area (Å²) < 4.78 is 7.04. The van der Waals surface area contributed by atoms with Gasteiger partial charge in [0.2, 0.25) is 5.91 Å². The van der Waals surface area contributed by atoms with Crippen LogP contribution in [0.4, 0.5) is 5.82 Å². The van der Waals surface area contributed by atoms with Gasteiger partial charge in [0.15, 0.2) is 0 Å². The Hall–Kier alpha value is -3.35. The summed E-state index contributed by atoms with van der Waals surface area (Å²) in [7, 11) is 0. The summed E-state index contributed by atoms with van der Waals surface area (Å²) in [5, 5.41) is 5.98. The molecule has 0 aliphatic rings. The highest BCUT2D eigenvalue weighted by molar-refractivity contribution is 5.91. The standard InChI is InChI=1S/C18H19N5O2/c1-14-21-16(13-17(22-14)23-10-2-3-11-23)19-8-9-20-18(24)7-6-15-5-4-12-25-15/h2-7,10-13H,8-9H2,1H3,(H,20,24)(H,19,21,22)/b7-6+. The van der Waals surface area contributed by atoms with Gasteiger partial charge in [0.05, 0.1) is 6.26 Å². The molecule has 3 heterocycles. The first-order valence-corrected chi connectivity index (χ1v) is 7.93. The Kier molecular flexibility index (Phi) is 5.26. The quantitative estimate of drug-likeness (QED) is 0.511. The predicted octanol–water partition coefficient (Wildman–Crippen LogP) is 2.41. The number of carbonyl (C=O) groups excluding carboxylic acids is 1. The van der Waals surface area contributed by atoms with E-state index in [0.29, 0.717) is 24.7 Å². The average Bonchev–Trinajstić information content (AvgIpc) is 3.30. The van der Waals surface area contributed by atoms with Crippen molar-refractivity contribution in [2.24, 2.45) is 0 Å². The van der Waals surface area contributed by atoms with Gasteiger partial charge >= 0.3 is 0 Å². The van der Waals surface area contributed by atoms with E-state index in [-0.39, 0.29) is 5.91 Å². The van der Waals surface area contributed by atoms with Gasteiger partial charge in [0.1, 0.15) is 23.2 Å². The maximum Gasteiger partial charge on any atom is 0.244 e. The summed E-state index contributed by atoms with van der Waals surface area (Å²) in [6.07, 6.45) is 8.49. The number of furan rings is 1. The molecule has 128 valence electrons. The van der Waals surface area contributed by atoms with Gasteiger partial charge in [-0.1, -0.05) is 0 Å². The molecule has 0 atom stereocenters. The van der Waals surface area contributed by atoms with Crippen molar-refractivity contribution in [3.63, 3.8) is 0 Å². The molecule has 0 aliphatic heterocycles. The Bertz CT molecular complexity index is 838. The molecule has 3 aromatic rings. The van der Waals surface area contributed by atoms with Gasteiger partial charge < -0.3 is 19.6 Å². The lowest BCUT2D eigenvalue weighted by molar-refractivity contribution is -0.116. The summed E-state index contributed by atoms with van der Waals surface area (Å²) in [6, 6.07) is 9.30. The van der Waals surface area contributed by atoms with E-state index >= 15 is 0 Å². The van der Waals surface area contributed by atoms with Gasteiger partial charge in [0.25, 0.3) is 0 Å². The minimum absolute atomic E-state index is 0.176. The molecule has 0 fully saturated rings. The second-order valence-electron chi connectivity index (χ2n) is 5.32. The van der Waals surface area contributed by atoms with Crippen molar-refractivity contribution in [2.45, 2.75) is 6.92 Å². The molecule has 0 unspecified atom stereocenters. The van der Waals surface area contributed by atoms with Crippen LogP contribution in [-0.2, 0) is 4.79 Å². The molecule has 25 heavy (non-hydrogen) atoms. The third-order valence-electron chi connectivity index (χ3n) is 3.37. The van der Waals surface area contributed by atoms with Gasteiger partial charge in [-0.25, -0.2) is 9.97 Å². The molecular weight excluding hydrogens is 318 g/mol. The summed E-state index contributed by atoms with van der Waals surface area (Å²) in [5.74, 6) is 2.66. The Morgan fingerprint density at radius 2 is 2.08 bits per heavy atom. The Morgan fingerprint density at radius 1 is 1.24 bits per heavy atom. The van der Waals surface area contributed by atoms with E-state index in [9.17, 15) is 4.79 Å². The lowest BCUT2D eigenvalue weighted by Gasteiger charge is -2.09. The van der Waals surface area contributed by atoms with E-state index < -0.39 is 0 Å². The van der Waals surface area contributed by atoms with Gasteiger partial charge in [-0.05, 0) is 37.3 Å². The number of aromatic nitrogens is 3. The fraction of sp³-hybridized carbons (Fsp3) is 0.167. The predicted molar refractivity (Wildman–Crippen MR) is 95.3 cm³/mol. The number of hydrogen-bond donors (Lipinski definition) is 2. The summed E-state index contributed by atoms with van der Waals surface area (Å²) in [4.78, 5) is 20.5. The molecule has 3 aromatic heterocycles. The number of carbonyl (C=O) groups is 1. The van der Waals surface area contributed by atoms with Gasteiger partial charge in [-0.3, -0.25) is 4.79 Å². The zero-order valence-electron chi connectivity index (χ0n) is 13.8. The van der Waals surface area contributed by atoms with Crippen LogP contribution in [0.5, 0.6) is 0 Å². The molecule has 0 spiro atoms. The molecule has 0 aromatic carbocycles. The van der Waals surface area contributed by atoms with Crippen LogP contribution < -0.4 is 10.6 Å². The first-order valence-electron chi connectivity index (χ1n) is 7.93. The maximum absolute atomic E-state index is 11.7. The third-order valence-corrected chi connectivity index (χ3v) is 3.37. The first kappa shape index (κ1) is 16.5. The second kappa shape index (κ2) is 7.96. The van der Waals surface area contributed by atoms with Gasteiger partial charge in [-0.15, -0.1) is 0 Å². The third kappa shape index (κ3) is 4.81. The molecule has 0 saturated heterocycles. The van der Waals surface area contributed by atoms with Crippen molar-refractivity contribution in [3.05, 3.63) is 66.6 Å². The van der Waals surface area contributed by atoms with E-state index in [0.717, 1.165) is 11.6 Å². The zero-order chi connectivity index (χ0) is 17.5. The lowest BCUT2D eigenvalue weighted by atomic mass is 10.4. The number of anilines is 1. The largest absolute Gasteiger partial charge is 0.465 e. The highest BCUT2D eigenvalue weighted by Gasteiger charge is 2.03. The van der Waals surface area contributed by atoms with E-state index in [2.05, 4.69) is 20.6 Å². The molecule has 0 aliphatic carbocycles.